The molecule has 1 heterocycles. The molecular weight excluding hydrogens is 510 g/mol. The summed E-state index contributed by atoms with van der Waals surface area (Å²) in [5.41, 5.74) is 1.07. The van der Waals surface area contributed by atoms with Crippen molar-refractivity contribution in [2.75, 3.05) is 36.1 Å². The van der Waals surface area contributed by atoms with E-state index < -0.39 is 34.2 Å². The molecule has 4 aromatic rings. The minimum absolute atomic E-state index is 0.0121. The molecule has 0 atom stereocenters. The zero-order chi connectivity index (χ0) is 26.9. The van der Waals surface area contributed by atoms with Gasteiger partial charge in [0.25, 0.3) is 0 Å². The van der Waals surface area contributed by atoms with Crippen LogP contribution >= 0.6 is 0 Å². The quantitative estimate of drug-likeness (QED) is 0.286. The van der Waals surface area contributed by atoms with Gasteiger partial charge in [-0.2, -0.15) is 0 Å². The van der Waals surface area contributed by atoms with E-state index in [0.717, 1.165) is 28.8 Å². The zero-order valence-electron chi connectivity index (χ0n) is 19.7. The number of methoxy groups -OCH3 is 1. The van der Waals surface area contributed by atoms with Crippen molar-refractivity contribution in [3.05, 3.63) is 71.8 Å². The monoisotopic (exact) mass is 532 g/mol. The standard InChI is InChI=1S/C25H22F2N2O7S/c1-35-22-12-19-21(13-20(22)29(7-8-30)37(2,33)34)36-24(23(19)25(31)32)14-3-5-17(6-4-14)28-18-10-15(26)9-16(27)11-18/h3-6,9-13,28,30H,7-8H2,1-2H3,(H,31,32). The average molecular weight is 533 g/mol. The second kappa shape index (κ2) is 10.1. The first kappa shape index (κ1) is 25.9. The number of nitrogens with zero attached hydrogens (tertiary/aromatic N) is 1. The molecule has 0 saturated heterocycles. The first-order valence-corrected chi connectivity index (χ1v) is 12.7. The number of carbonyl (C=O) groups is 1. The molecular formula is C25H22F2N2O7S. The molecule has 194 valence electrons. The van der Waals surface area contributed by atoms with E-state index in [1.54, 1.807) is 24.3 Å². The van der Waals surface area contributed by atoms with Crippen LogP contribution in [0.15, 0.2) is 59.0 Å². The normalized spacial score (nSPS) is 11.5. The highest BCUT2D eigenvalue weighted by Crippen LogP contribution is 2.41. The predicted molar refractivity (Wildman–Crippen MR) is 134 cm³/mol. The molecule has 37 heavy (non-hydrogen) atoms. The summed E-state index contributed by atoms with van der Waals surface area (Å²) in [7, 11) is -2.50. The third-order valence-corrected chi connectivity index (χ3v) is 6.65. The van der Waals surface area contributed by atoms with Gasteiger partial charge in [-0.1, -0.05) is 0 Å². The molecule has 0 aliphatic heterocycles. The van der Waals surface area contributed by atoms with Gasteiger partial charge in [0.15, 0.2) is 0 Å². The van der Waals surface area contributed by atoms with Crippen LogP contribution in [0.2, 0.25) is 0 Å². The fourth-order valence-corrected chi connectivity index (χ4v) is 4.85. The Labute approximate surface area is 210 Å². The van der Waals surface area contributed by atoms with E-state index in [4.69, 9.17) is 9.15 Å². The third kappa shape index (κ3) is 5.34. The number of nitrogens with one attached hydrogen (secondary N) is 1. The van der Waals surface area contributed by atoms with Crippen molar-refractivity contribution in [1.29, 1.82) is 0 Å². The molecule has 0 aliphatic rings. The lowest BCUT2D eigenvalue weighted by atomic mass is 10.0. The molecule has 12 heteroatoms. The molecule has 1 aromatic heterocycles. The fraction of sp³-hybridized carbons (Fsp3) is 0.160. The summed E-state index contributed by atoms with van der Waals surface area (Å²) in [6, 6.07) is 12.0. The molecule has 0 bridgehead atoms. The Hall–Kier alpha value is -4.16. The molecule has 4 rings (SSSR count). The van der Waals surface area contributed by atoms with Crippen molar-refractivity contribution >= 4 is 44.0 Å². The van der Waals surface area contributed by atoms with E-state index in [1.807, 2.05) is 0 Å². The second-order valence-corrected chi connectivity index (χ2v) is 9.96. The zero-order valence-corrected chi connectivity index (χ0v) is 20.5. The molecule has 0 saturated carbocycles. The number of fused-ring (bicyclic) bond motifs is 1. The number of furan rings is 1. The number of ether oxygens (including phenoxy) is 1. The molecule has 3 aromatic carbocycles. The third-order valence-electron chi connectivity index (χ3n) is 5.47. The summed E-state index contributed by atoms with van der Waals surface area (Å²) in [6.07, 6.45) is 0.969. The molecule has 0 unspecified atom stereocenters. The van der Waals surface area contributed by atoms with E-state index in [0.29, 0.717) is 11.3 Å². The van der Waals surface area contributed by atoms with Crippen LogP contribution in [-0.2, 0) is 10.0 Å². The van der Waals surface area contributed by atoms with Gasteiger partial charge in [-0.3, -0.25) is 4.31 Å². The number of anilines is 3. The number of rotatable bonds is 9. The number of aliphatic hydroxyl groups excluding tert-OH is 1. The summed E-state index contributed by atoms with van der Waals surface area (Å²) >= 11 is 0. The number of aromatic carboxylic acids is 1. The minimum Gasteiger partial charge on any atom is -0.495 e. The van der Waals surface area contributed by atoms with Crippen molar-refractivity contribution in [1.82, 2.24) is 0 Å². The van der Waals surface area contributed by atoms with E-state index in [1.165, 1.54) is 19.2 Å². The lowest BCUT2D eigenvalue weighted by Crippen LogP contribution is -2.32. The topological polar surface area (TPSA) is 129 Å². The van der Waals surface area contributed by atoms with Crippen molar-refractivity contribution in [3.8, 4) is 17.1 Å². The Morgan fingerprint density at radius 1 is 1.05 bits per heavy atom. The Morgan fingerprint density at radius 2 is 1.70 bits per heavy atom. The number of benzene rings is 3. The number of halogens is 2. The second-order valence-electron chi connectivity index (χ2n) is 8.05. The van der Waals surface area contributed by atoms with Gasteiger partial charge >= 0.3 is 5.97 Å². The van der Waals surface area contributed by atoms with Crippen LogP contribution in [0.4, 0.5) is 25.8 Å². The number of carboxylic acids is 1. The molecule has 9 nitrogen and oxygen atoms in total. The van der Waals surface area contributed by atoms with Gasteiger partial charge in [0.1, 0.15) is 34.3 Å². The highest BCUT2D eigenvalue weighted by Gasteiger charge is 2.27. The Balaban J connectivity index is 1.79. The number of aliphatic hydroxyl groups is 1. The van der Waals surface area contributed by atoms with Crippen LogP contribution in [0, 0.1) is 11.6 Å². The van der Waals surface area contributed by atoms with Crippen LogP contribution in [0.1, 0.15) is 10.4 Å². The maximum Gasteiger partial charge on any atom is 0.340 e. The van der Waals surface area contributed by atoms with Gasteiger partial charge in [0.05, 0.1) is 32.2 Å². The van der Waals surface area contributed by atoms with E-state index >= 15 is 0 Å². The number of sulfonamides is 1. The van der Waals surface area contributed by atoms with Crippen LogP contribution in [0.5, 0.6) is 5.75 Å². The number of carboxylic acid groups (broad SMARTS) is 1. The van der Waals surface area contributed by atoms with Crippen molar-refractivity contribution in [2.24, 2.45) is 0 Å². The molecule has 0 radical (unpaired) electrons. The highest BCUT2D eigenvalue weighted by molar-refractivity contribution is 7.92. The molecule has 0 spiro atoms. The lowest BCUT2D eigenvalue weighted by Gasteiger charge is -2.23. The maximum atomic E-state index is 13.5. The van der Waals surface area contributed by atoms with E-state index in [2.05, 4.69) is 5.32 Å². The van der Waals surface area contributed by atoms with Gasteiger partial charge in [-0.25, -0.2) is 22.0 Å². The SMILES string of the molecule is COc1cc2c(C(=O)O)c(-c3ccc(Nc4cc(F)cc(F)c4)cc3)oc2cc1N(CCO)S(C)(=O)=O. The summed E-state index contributed by atoms with van der Waals surface area (Å²) in [5, 5.41) is 22.3. The van der Waals surface area contributed by atoms with Gasteiger partial charge < -0.3 is 24.7 Å². The Kier molecular flexibility index (Phi) is 7.05. The molecule has 0 aliphatic carbocycles. The van der Waals surface area contributed by atoms with Gasteiger partial charge in [-0.05, 0) is 42.5 Å². The Bertz CT molecular complexity index is 1560. The first-order chi connectivity index (χ1) is 17.5. The lowest BCUT2D eigenvalue weighted by molar-refractivity contribution is 0.0699. The van der Waals surface area contributed by atoms with Gasteiger partial charge in [0, 0.05) is 34.5 Å². The van der Waals surface area contributed by atoms with Crippen molar-refractivity contribution in [2.45, 2.75) is 0 Å². The van der Waals surface area contributed by atoms with Crippen molar-refractivity contribution < 1.29 is 41.4 Å². The van der Waals surface area contributed by atoms with Crippen LogP contribution in [0.3, 0.4) is 0 Å². The van der Waals surface area contributed by atoms with Gasteiger partial charge in [-0.15, -0.1) is 0 Å². The number of hydrogen-bond acceptors (Lipinski definition) is 7. The smallest absolute Gasteiger partial charge is 0.340 e. The summed E-state index contributed by atoms with van der Waals surface area (Å²) in [6.45, 7) is -0.704. The van der Waals surface area contributed by atoms with Crippen LogP contribution in [0.25, 0.3) is 22.3 Å². The summed E-state index contributed by atoms with van der Waals surface area (Å²) in [4.78, 5) is 12.2. The van der Waals surface area contributed by atoms with Crippen LogP contribution in [-0.4, -0.2) is 51.1 Å². The average Bonchev–Trinajstić information content (AvgIpc) is 3.19. The van der Waals surface area contributed by atoms with Gasteiger partial charge in [0.2, 0.25) is 10.0 Å². The molecule has 3 N–H and O–H groups in total. The minimum atomic E-state index is -3.81. The predicted octanol–water partition coefficient (Wildman–Crippen LogP) is 4.59. The van der Waals surface area contributed by atoms with Crippen LogP contribution < -0.4 is 14.4 Å². The van der Waals surface area contributed by atoms with E-state index in [-0.39, 0.29) is 46.0 Å². The first-order valence-electron chi connectivity index (χ1n) is 10.8. The molecule has 0 amide bonds. The summed E-state index contributed by atoms with van der Waals surface area (Å²) < 4.78 is 63.7. The fourth-order valence-electron chi connectivity index (χ4n) is 3.94. The Morgan fingerprint density at radius 3 is 2.24 bits per heavy atom. The van der Waals surface area contributed by atoms with Crippen molar-refractivity contribution in [3.63, 3.8) is 0 Å². The molecule has 0 fully saturated rings. The maximum absolute atomic E-state index is 13.5. The largest absolute Gasteiger partial charge is 0.495 e. The summed E-state index contributed by atoms with van der Waals surface area (Å²) in [5.74, 6) is -2.68. The van der Waals surface area contributed by atoms with E-state index in [9.17, 15) is 32.2 Å². The number of hydrogen-bond donors (Lipinski definition) is 3. The highest BCUT2D eigenvalue weighted by atomic mass is 32.2.